The maximum absolute atomic E-state index is 12.7. The molecule has 362 valence electrons. The van der Waals surface area contributed by atoms with Crippen LogP contribution in [0.3, 0.4) is 0 Å². The van der Waals surface area contributed by atoms with E-state index >= 15 is 0 Å². The molecule has 10 heteroatoms. The summed E-state index contributed by atoms with van der Waals surface area (Å²) in [7, 11) is -4.52. The third-order valence-corrected chi connectivity index (χ3v) is 12.3. The summed E-state index contributed by atoms with van der Waals surface area (Å²) in [6, 6.07) is 0. The van der Waals surface area contributed by atoms with Crippen LogP contribution in [0.5, 0.6) is 0 Å². The average molecular weight is 887 g/mol. The molecule has 0 bridgehead atoms. The molecule has 0 aromatic heterocycles. The minimum Gasteiger partial charge on any atom is -0.457 e. The molecule has 0 spiro atoms. The van der Waals surface area contributed by atoms with Gasteiger partial charge in [0.2, 0.25) is 0 Å². The largest absolute Gasteiger partial charge is 0.472 e. The van der Waals surface area contributed by atoms with Gasteiger partial charge in [-0.25, -0.2) is 4.57 Å². The van der Waals surface area contributed by atoms with Gasteiger partial charge in [-0.3, -0.25) is 13.8 Å². The van der Waals surface area contributed by atoms with E-state index in [-0.39, 0.29) is 25.6 Å². The SMILES string of the molecule is CCCCCCC/C=C\C/C=C\CCCCCCCCCCCC(=O)OC(COCCCCCCCCCCCCCCCCCCCCC)COP(=O)(O)OCC(O)CO. The molecule has 0 saturated heterocycles. The van der Waals surface area contributed by atoms with Gasteiger partial charge in [-0.2, -0.15) is 0 Å². The van der Waals surface area contributed by atoms with Gasteiger partial charge in [-0.15, -0.1) is 0 Å². The number of allylic oxidation sites excluding steroid dienone is 4. The number of hydrogen-bond donors (Lipinski definition) is 3. The number of carbonyl (C=O) groups is 1. The van der Waals surface area contributed by atoms with Crippen molar-refractivity contribution in [3.63, 3.8) is 0 Å². The molecule has 3 atom stereocenters. The lowest BCUT2D eigenvalue weighted by Crippen LogP contribution is -2.29. The Morgan fingerprint density at radius 3 is 1.31 bits per heavy atom. The molecular formula is C51H99O9P. The number of phosphoric acid groups is 1. The molecule has 0 rings (SSSR count). The first-order chi connectivity index (χ1) is 29.8. The zero-order valence-electron chi connectivity index (χ0n) is 39.9. The molecule has 0 aliphatic carbocycles. The summed E-state index contributed by atoms with van der Waals surface area (Å²) in [5.74, 6) is -0.382. The summed E-state index contributed by atoms with van der Waals surface area (Å²) >= 11 is 0. The highest BCUT2D eigenvalue weighted by molar-refractivity contribution is 7.47. The molecule has 0 radical (unpaired) electrons. The fourth-order valence-corrected chi connectivity index (χ4v) is 8.24. The molecule has 0 amide bonds. The van der Waals surface area contributed by atoms with Crippen LogP contribution in [-0.2, 0) is 27.9 Å². The highest BCUT2D eigenvalue weighted by Crippen LogP contribution is 2.43. The maximum atomic E-state index is 12.7. The van der Waals surface area contributed by atoms with Gasteiger partial charge in [-0.05, 0) is 44.9 Å². The zero-order chi connectivity index (χ0) is 44.6. The topological polar surface area (TPSA) is 132 Å². The average Bonchev–Trinajstić information content (AvgIpc) is 3.25. The highest BCUT2D eigenvalue weighted by atomic mass is 31.2. The normalized spacial score (nSPS) is 14.0. The molecule has 0 aliphatic rings. The summed E-state index contributed by atoms with van der Waals surface area (Å²) < 4.78 is 33.5. The second-order valence-corrected chi connectivity index (χ2v) is 19.0. The van der Waals surface area contributed by atoms with Gasteiger partial charge in [0.1, 0.15) is 12.2 Å². The predicted octanol–water partition coefficient (Wildman–Crippen LogP) is 15.0. The Labute approximate surface area is 376 Å². The van der Waals surface area contributed by atoms with Crippen LogP contribution in [0.4, 0.5) is 0 Å². The molecule has 0 heterocycles. The summed E-state index contributed by atoms with van der Waals surface area (Å²) in [6.45, 7) is 3.56. The standard InChI is InChI=1S/C51H99O9P/c1-3-5-7-9-11-13-15-17-19-21-23-24-25-27-29-31-33-35-37-39-41-43-51(54)60-50(48-59-61(55,56)58-46-49(53)45-52)47-57-44-42-40-38-36-34-32-30-28-26-22-20-18-16-14-12-10-8-6-4-2/h15,17,21,23,49-50,52-53H,3-14,16,18-20,22,24-48H2,1-2H3,(H,55,56)/b17-15-,23-21-. The quantitative estimate of drug-likeness (QED) is 0.0236. The number of ether oxygens (including phenoxy) is 2. The summed E-state index contributed by atoms with van der Waals surface area (Å²) in [5.41, 5.74) is 0. The molecule has 9 nitrogen and oxygen atoms in total. The molecule has 61 heavy (non-hydrogen) atoms. The molecule has 3 unspecified atom stereocenters. The van der Waals surface area contributed by atoms with E-state index < -0.39 is 33.2 Å². The van der Waals surface area contributed by atoms with Gasteiger partial charge >= 0.3 is 13.8 Å². The van der Waals surface area contributed by atoms with Gasteiger partial charge in [0.15, 0.2) is 0 Å². The van der Waals surface area contributed by atoms with Crippen LogP contribution in [-0.4, -0.2) is 66.3 Å². The van der Waals surface area contributed by atoms with Crippen LogP contribution < -0.4 is 0 Å². The van der Waals surface area contributed by atoms with Crippen molar-refractivity contribution in [3.05, 3.63) is 24.3 Å². The monoisotopic (exact) mass is 887 g/mol. The number of rotatable bonds is 50. The number of carbonyl (C=O) groups excluding carboxylic acids is 1. The maximum Gasteiger partial charge on any atom is 0.472 e. The van der Waals surface area contributed by atoms with Crippen molar-refractivity contribution >= 4 is 13.8 Å². The second-order valence-electron chi connectivity index (χ2n) is 17.5. The number of unbranched alkanes of at least 4 members (excludes halogenated alkanes) is 32. The van der Waals surface area contributed by atoms with Crippen LogP contribution in [0.2, 0.25) is 0 Å². The van der Waals surface area contributed by atoms with Gasteiger partial charge in [-0.1, -0.05) is 224 Å². The van der Waals surface area contributed by atoms with Gasteiger partial charge in [0.25, 0.3) is 0 Å². The predicted molar refractivity (Wildman–Crippen MR) is 256 cm³/mol. The summed E-state index contributed by atoms with van der Waals surface area (Å²) in [5, 5.41) is 18.4. The Bertz CT molecular complexity index is 1010. The lowest BCUT2D eigenvalue weighted by atomic mass is 10.0. The van der Waals surface area contributed by atoms with Crippen LogP contribution >= 0.6 is 7.82 Å². The van der Waals surface area contributed by atoms with E-state index in [0.29, 0.717) is 6.61 Å². The van der Waals surface area contributed by atoms with Crippen LogP contribution in [0.1, 0.15) is 251 Å². The minimum atomic E-state index is -4.52. The number of aliphatic hydroxyl groups is 2. The number of aliphatic hydroxyl groups excluding tert-OH is 2. The number of phosphoric ester groups is 1. The van der Waals surface area contributed by atoms with E-state index in [1.54, 1.807) is 0 Å². The van der Waals surface area contributed by atoms with Crippen molar-refractivity contribution < 1.29 is 43.0 Å². The lowest BCUT2D eigenvalue weighted by Gasteiger charge is -2.20. The van der Waals surface area contributed by atoms with Crippen LogP contribution in [0.15, 0.2) is 24.3 Å². The van der Waals surface area contributed by atoms with Crippen molar-refractivity contribution in [3.8, 4) is 0 Å². The van der Waals surface area contributed by atoms with Crippen molar-refractivity contribution in [1.82, 2.24) is 0 Å². The Balaban J connectivity index is 4.05. The number of hydrogen-bond acceptors (Lipinski definition) is 8. The van der Waals surface area contributed by atoms with Crippen molar-refractivity contribution in [1.29, 1.82) is 0 Å². The first kappa shape index (κ1) is 59.9. The Morgan fingerprint density at radius 2 is 0.885 bits per heavy atom. The molecule has 0 fully saturated rings. The van der Waals surface area contributed by atoms with Gasteiger partial charge < -0.3 is 24.6 Å². The van der Waals surface area contributed by atoms with Crippen molar-refractivity contribution in [2.75, 3.05) is 33.0 Å². The van der Waals surface area contributed by atoms with E-state index in [1.165, 1.54) is 193 Å². The second kappa shape index (κ2) is 48.4. The molecule has 0 aliphatic heterocycles. The fourth-order valence-electron chi connectivity index (χ4n) is 7.45. The van der Waals surface area contributed by atoms with Crippen molar-refractivity contribution in [2.45, 2.75) is 264 Å². The van der Waals surface area contributed by atoms with Gasteiger partial charge in [0, 0.05) is 13.0 Å². The zero-order valence-corrected chi connectivity index (χ0v) is 40.8. The van der Waals surface area contributed by atoms with Crippen LogP contribution in [0.25, 0.3) is 0 Å². The van der Waals surface area contributed by atoms with E-state index in [9.17, 15) is 19.4 Å². The molecular weight excluding hydrogens is 788 g/mol. The third-order valence-electron chi connectivity index (χ3n) is 11.4. The molecule has 0 saturated carbocycles. The first-order valence-corrected chi connectivity index (χ1v) is 27.3. The molecule has 3 N–H and O–H groups in total. The Morgan fingerprint density at radius 1 is 0.508 bits per heavy atom. The highest BCUT2D eigenvalue weighted by Gasteiger charge is 2.26. The Kier molecular flexibility index (Phi) is 47.6. The Hall–Kier alpha value is -1.06. The van der Waals surface area contributed by atoms with E-state index in [1.807, 2.05) is 0 Å². The van der Waals surface area contributed by atoms with E-state index in [2.05, 4.69) is 38.2 Å². The smallest absolute Gasteiger partial charge is 0.457 e. The van der Waals surface area contributed by atoms with E-state index in [0.717, 1.165) is 38.5 Å². The minimum absolute atomic E-state index is 0.0526. The summed E-state index contributed by atoms with van der Waals surface area (Å²) in [4.78, 5) is 22.7. The van der Waals surface area contributed by atoms with Gasteiger partial charge in [0.05, 0.1) is 26.4 Å². The lowest BCUT2D eigenvalue weighted by molar-refractivity contribution is -0.154. The number of esters is 1. The van der Waals surface area contributed by atoms with Crippen molar-refractivity contribution in [2.24, 2.45) is 0 Å². The third kappa shape index (κ3) is 48.2. The fraction of sp³-hybridized carbons (Fsp3) is 0.902. The van der Waals surface area contributed by atoms with E-state index in [4.69, 9.17) is 23.6 Å². The summed E-state index contributed by atoms with van der Waals surface area (Å²) in [6.07, 6.45) is 52.8. The molecule has 0 aromatic carbocycles. The molecule has 0 aromatic rings. The van der Waals surface area contributed by atoms with Crippen LogP contribution in [0, 0.1) is 0 Å². The first-order valence-electron chi connectivity index (χ1n) is 25.8.